The summed E-state index contributed by atoms with van der Waals surface area (Å²) in [6, 6.07) is 8.07. The number of H-pyrrole nitrogens is 1. The normalized spacial score (nSPS) is 10.8. The van der Waals surface area contributed by atoms with Gasteiger partial charge in [-0.25, -0.2) is 4.98 Å². The van der Waals surface area contributed by atoms with E-state index in [1.165, 1.54) is 6.07 Å². The van der Waals surface area contributed by atoms with Crippen molar-refractivity contribution in [2.45, 2.75) is 24.9 Å². The highest BCUT2D eigenvalue weighted by Crippen LogP contribution is 2.18. The molecule has 3 N–H and O–H groups in total. The molecule has 0 amide bonds. The molecule has 0 radical (unpaired) electrons. The van der Waals surface area contributed by atoms with Gasteiger partial charge in [-0.05, 0) is 29.5 Å². The Hall–Kier alpha value is -1.95. The number of hydrogen-bond acceptors (Lipinski definition) is 5. The van der Waals surface area contributed by atoms with E-state index >= 15 is 0 Å². The van der Waals surface area contributed by atoms with Gasteiger partial charge >= 0.3 is 0 Å². The minimum atomic E-state index is -0.180. The highest BCUT2D eigenvalue weighted by atomic mass is 32.2. The zero-order valence-corrected chi connectivity index (χ0v) is 12.2. The molecule has 106 valence electrons. The lowest BCUT2D eigenvalue weighted by Crippen LogP contribution is -2.12. The lowest BCUT2D eigenvalue weighted by atomic mass is 10.3. The minimum absolute atomic E-state index is 0.180. The number of aromatic nitrogens is 2. The maximum atomic E-state index is 11.6. The maximum absolute atomic E-state index is 11.6. The predicted molar refractivity (Wildman–Crippen MR) is 82.7 cm³/mol. The summed E-state index contributed by atoms with van der Waals surface area (Å²) < 4.78 is 0. The van der Waals surface area contributed by atoms with Crippen LogP contribution in [0, 0.1) is 0 Å². The van der Waals surface area contributed by atoms with E-state index in [4.69, 9.17) is 0 Å². The van der Waals surface area contributed by atoms with Gasteiger partial charge in [0.15, 0.2) is 0 Å². The first-order valence-corrected chi connectivity index (χ1v) is 7.36. The SMILES string of the molecule is CC(C)SCc1cc(=O)[nH]c(Nc2ccc(O)cc2)n1. The molecule has 0 spiro atoms. The number of anilines is 2. The van der Waals surface area contributed by atoms with Crippen LogP contribution in [0.4, 0.5) is 11.6 Å². The second-order valence-corrected chi connectivity index (χ2v) is 6.18. The number of nitrogens with zero attached hydrogens (tertiary/aromatic N) is 1. The average Bonchev–Trinajstić information content (AvgIpc) is 2.38. The Balaban J connectivity index is 2.15. The Bertz CT molecular complexity index is 623. The largest absolute Gasteiger partial charge is 0.508 e. The number of phenols is 1. The fourth-order valence-electron chi connectivity index (χ4n) is 1.57. The molecule has 5 nitrogen and oxygen atoms in total. The van der Waals surface area contributed by atoms with Crippen molar-refractivity contribution in [2.75, 3.05) is 5.32 Å². The van der Waals surface area contributed by atoms with Crippen molar-refractivity contribution in [1.82, 2.24) is 9.97 Å². The van der Waals surface area contributed by atoms with Crippen molar-refractivity contribution >= 4 is 23.4 Å². The number of aromatic hydroxyl groups is 1. The summed E-state index contributed by atoms with van der Waals surface area (Å²) in [6.45, 7) is 4.21. The van der Waals surface area contributed by atoms with Crippen LogP contribution in [0.25, 0.3) is 0 Å². The Morgan fingerprint density at radius 1 is 1.35 bits per heavy atom. The Morgan fingerprint density at radius 2 is 2.05 bits per heavy atom. The molecule has 2 aromatic rings. The quantitative estimate of drug-likeness (QED) is 0.738. The zero-order chi connectivity index (χ0) is 14.5. The van der Waals surface area contributed by atoms with Crippen LogP contribution in [0.2, 0.25) is 0 Å². The molecule has 0 aliphatic rings. The van der Waals surface area contributed by atoms with Crippen molar-refractivity contribution in [3.8, 4) is 5.75 Å². The number of nitrogens with one attached hydrogen (secondary N) is 2. The first-order chi connectivity index (χ1) is 9.52. The molecule has 20 heavy (non-hydrogen) atoms. The van der Waals surface area contributed by atoms with E-state index < -0.39 is 0 Å². The fourth-order valence-corrected chi connectivity index (χ4v) is 2.23. The summed E-state index contributed by atoms with van der Waals surface area (Å²) >= 11 is 1.73. The van der Waals surface area contributed by atoms with E-state index in [9.17, 15) is 9.90 Å². The van der Waals surface area contributed by atoms with Gasteiger partial charge in [0, 0.05) is 17.5 Å². The van der Waals surface area contributed by atoms with Crippen LogP contribution >= 0.6 is 11.8 Å². The standard InChI is InChI=1S/C14H17N3O2S/c1-9(2)20-8-11-7-13(19)17-14(16-11)15-10-3-5-12(18)6-4-10/h3-7,9,18H,8H2,1-2H3,(H2,15,16,17,19). The number of thioether (sulfide) groups is 1. The molecule has 0 fully saturated rings. The molecule has 0 atom stereocenters. The molecule has 0 saturated carbocycles. The van der Waals surface area contributed by atoms with E-state index in [0.717, 1.165) is 11.4 Å². The number of aromatic amines is 1. The number of hydrogen-bond donors (Lipinski definition) is 3. The van der Waals surface area contributed by atoms with Crippen LogP contribution in [0.1, 0.15) is 19.5 Å². The van der Waals surface area contributed by atoms with Crippen LogP contribution < -0.4 is 10.9 Å². The van der Waals surface area contributed by atoms with Gasteiger partial charge in [0.2, 0.25) is 5.95 Å². The average molecular weight is 291 g/mol. The van der Waals surface area contributed by atoms with Crippen molar-refractivity contribution in [3.05, 3.63) is 46.4 Å². The van der Waals surface area contributed by atoms with Gasteiger partial charge in [-0.15, -0.1) is 0 Å². The Labute approximate surface area is 121 Å². The highest BCUT2D eigenvalue weighted by molar-refractivity contribution is 7.99. The van der Waals surface area contributed by atoms with E-state index in [1.54, 1.807) is 36.0 Å². The number of benzene rings is 1. The molecule has 0 saturated heterocycles. The summed E-state index contributed by atoms with van der Waals surface area (Å²) in [7, 11) is 0. The lowest BCUT2D eigenvalue weighted by Gasteiger charge is -2.08. The van der Waals surface area contributed by atoms with Crippen molar-refractivity contribution in [3.63, 3.8) is 0 Å². The molecule has 1 aromatic carbocycles. The zero-order valence-electron chi connectivity index (χ0n) is 11.4. The summed E-state index contributed by atoms with van der Waals surface area (Å²) in [5.41, 5.74) is 1.31. The maximum Gasteiger partial charge on any atom is 0.252 e. The first-order valence-electron chi connectivity index (χ1n) is 6.31. The molecule has 2 rings (SSSR count). The number of rotatable bonds is 5. The van der Waals surface area contributed by atoms with Gasteiger partial charge < -0.3 is 10.4 Å². The van der Waals surface area contributed by atoms with Gasteiger partial charge in [-0.3, -0.25) is 9.78 Å². The molecule has 1 aromatic heterocycles. The van der Waals surface area contributed by atoms with Crippen LogP contribution in [0.5, 0.6) is 5.75 Å². The summed E-state index contributed by atoms with van der Waals surface area (Å²) in [4.78, 5) is 18.6. The van der Waals surface area contributed by atoms with Crippen molar-refractivity contribution < 1.29 is 5.11 Å². The van der Waals surface area contributed by atoms with Gasteiger partial charge in [0.1, 0.15) is 5.75 Å². The monoisotopic (exact) mass is 291 g/mol. The van der Waals surface area contributed by atoms with Gasteiger partial charge in [0.05, 0.1) is 5.69 Å². The third kappa shape index (κ3) is 4.31. The number of phenolic OH excluding ortho intramolecular Hbond substituents is 1. The summed E-state index contributed by atoms with van der Waals surface area (Å²) in [6.07, 6.45) is 0. The van der Waals surface area contributed by atoms with E-state index in [2.05, 4.69) is 29.1 Å². The first kappa shape index (κ1) is 14.5. The molecular weight excluding hydrogens is 274 g/mol. The molecule has 6 heteroatoms. The topological polar surface area (TPSA) is 78.0 Å². The van der Waals surface area contributed by atoms with Crippen LogP contribution in [-0.4, -0.2) is 20.3 Å². The second-order valence-electron chi connectivity index (χ2n) is 4.62. The molecule has 0 bridgehead atoms. The van der Waals surface area contributed by atoms with Gasteiger partial charge in [0.25, 0.3) is 5.56 Å². The fraction of sp³-hybridized carbons (Fsp3) is 0.286. The molecule has 1 heterocycles. The third-order valence-corrected chi connectivity index (χ3v) is 3.62. The van der Waals surface area contributed by atoms with Crippen LogP contribution in [0.15, 0.2) is 35.1 Å². The summed E-state index contributed by atoms with van der Waals surface area (Å²) in [5.74, 6) is 1.30. The third-order valence-electron chi connectivity index (χ3n) is 2.49. The highest BCUT2D eigenvalue weighted by Gasteiger charge is 2.04. The smallest absolute Gasteiger partial charge is 0.252 e. The second kappa shape index (κ2) is 6.47. The Kier molecular flexibility index (Phi) is 4.68. The summed E-state index contributed by atoms with van der Waals surface area (Å²) in [5, 5.41) is 12.7. The van der Waals surface area contributed by atoms with Gasteiger partial charge in [-0.2, -0.15) is 11.8 Å². The molecule has 0 unspecified atom stereocenters. The molecule has 0 aliphatic carbocycles. The van der Waals surface area contributed by atoms with Crippen molar-refractivity contribution in [1.29, 1.82) is 0 Å². The van der Waals surface area contributed by atoms with Gasteiger partial charge in [-0.1, -0.05) is 13.8 Å². The lowest BCUT2D eigenvalue weighted by molar-refractivity contribution is 0.475. The predicted octanol–water partition coefficient (Wildman–Crippen LogP) is 2.86. The van der Waals surface area contributed by atoms with Crippen molar-refractivity contribution in [2.24, 2.45) is 0 Å². The molecular formula is C14H17N3O2S. The van der Waals surface area contributed by atoms with E-state index in [1.807, 2.05) is 0 Å². The molecule has 0 aliphatic heterocycles. The Morgan fingerprint density at radius 3 is 2.70 bits per heavy atom. The van der Waals surface area contributed by atoms with E-state index in [0.29, 0.717) is 17.0 Å². The minimum Gasteiger partial charge on any atom is -0.508 e. The van der Waals surface area contributed by atoms with E-state index in [-0.39, 0.29) is 11.3 Å². The van der Waals surface area contributed by atoms with Crippen LogP contribution in [0.3, 0.4) is 0 Å². The van der Waals surface area contributed by atoms with Crippen LogP contribution in [-0.2, 0) is 5.75 Å².